The molecule has 0 amide bonds. The summed E-state index contributed by atoms with van der Waals surface area (Å²) >= 11 is 0. The average Bonchev–Trinajstić information content (AvgIpc) is 2.30. The van der Waals surface area contributed by atoms with Gasteiger partial charge in [-0.2, -0.15) is 0 Å². The summed E-state index contributed by atoms with van der Waals surface area (Å²) in [5.74, 6) is -1.06. The first-order valence-electron chi connectivity index (χ1n) is 5.45. The van der Waals surface area contributed by atoms with Gasteiger partial charge in [0.25, 0.3) is 0 Å². The Morgan fingerprint density at radius 2 is 1.88 bits per heavy atom. The zero-order valence-corrected chi connectivity index (χ0v) is 9.97. The molecule has 1 rings (SSSR count). The van der Waals surface area contributed by atoms with E-state index in [4.69, 9.17) is 4.74 Å². The Morgan fingerprint density at radius 3 is 2.41 bits per heavy atom. The van der Waals surface area contributed by atoms with E-state index in [1.54, 1.807) is 37.3 Å². The van der Waals surface area contributed by atoms with Crippen LogP contribution in [0.1, 0.15) is 30.6 Å². The molecule has 1 N–H and O–H groups in total. The van der Waals surface area contributed by atoms with Gasteiger partial charge in [0.1, 0.15) is 0 Å². The molecule has 0 unspecified atom stereocenters. The highest BCUT2D eigenvalue weighted by molar-refractivity contribution is 5.99. The predicted molar refractivity (Wildman–Crippen MR) is 62.6 cm³/mol. The van der Waals surface area contributed by atoms with Crippen molar-refractivity contribution in [3.05, 3.63) is 35.9 Å². The van der Waals surface area contributed by atoms with Crippen LogP contribution in [0.25, 0.3) is 0 Å². The third kappa shape index (κ3) is 3.67. The lowest BCUT2D eigenvalue weighted by molar-refractivity contribution is -0.162. The van der Waals surface area contributed by atoms with E-state index in [-0.39, 0.29) is 18.8 Å². The lowest BCUT2D eigenvalue weighted by Gasteiger charge is -2.19. The maximum absolute atomic E-state index is 11.8. The van der Waals surface area contributed by atoms with Crippen molar-refractivity contribution in [2.45, 2.75) is 25.9 Å². The lowest BCUT2D eigenvalue weighted by atomic mass is 9.96. The quantitative estimate of drug-likeness (QED) is 0.622. The first-order valence-corrected chi connectivity index (χ1v) is 5.45. The molecule has 1 aromatic carbocycles. The maximum Gasteiger partial charge on any atom is 0.338 e. The molecule has 0 aromatic heterocycles. The molecule has 0 fully saturated rings. The number of ketones is 1. The third-order valence-electron chi connectivity index (χ3n) is 2.32. The van der Waals surface area contributed by atoms with E-state index >= 15 is 0 Å². The van der Waals surface area contributed by atoms with Crippen LogP contribution in [0.5, 0.6) is 0 Å². The average molecular weight is 236 g/mol. The second kappa shape index (κ2) is 5.59. The summed E-state index contributed by atoms with van der Waals surface area (Å²) in [4.78, 5) is 23.2. The summed E-state index contributed by atoms with van der Waals surface area (Å²) in [5, 5.41) is 9.85. The highest BCUT2D eigenvalue weighted by atomic mass is 16.5. The van der Waals surface area contributed by atoms with E-state index < -0.39 is 11.6 Å². The van der Waals surface area contributed by atoms with Crippen molar-refractivity contribution in [1.82, 2.24) is 0 Å². The van der Waals surface area contributed by atoms with Gasteiger partial charge in [0.05, 0.1) is 13.0 Å². The summed E-state index contributed by atoms with van der Waals surface area (Å²) in [6.45, 7) is 3.10. The van der Waals surface area contributed by atoms with Crippen molar-refractivity contribution >= 4 is 11.8 Å². The van der Waals surface area contributed by atoms with Gasteiger partial charge in [0.2, 0.25) is 0 Å². The number of esters is 1. The van der Waals surface area contributed by atoms with E-state index in [0.29, 0.717) is 5.56 Å². The van der Waals surface area contributed by atoms with Crippen molar-refractivity contribution in [3.8, 4) is 0 Å². The zero-order chi connectivity index (χ0) is 12.9. The van der Waals surface area contributed by atoms with Gasteiger partial charge in [-0.1, -0.05) is 30.3 Å². The Labute approximate surface area is 100 Å². The Morgan fingerprint density at radius 1 is 1.29 bits per heavy atom. The largest absolute Gasteiger partial charge is 0.464 e. The second-order valence-electron chi connectivity index (χ2n) is 3.96. The number of aliphatic hydroxyl groups is 1. The van der Waals surface area contributed by atoms with Crippen molar-refractivity contribution in [2.24, 2.45) is 0 Å². The Bertz CT molecular complexity index is 395. The zero-order valence-electron chi connectivity index (χ0n) is 9.97. The van der Waals surface area contributed by atoms with E-state index in [1.165, 1.54) is 6.92 Å². The third-order valence-corrected chi connectivity index (χ3v) is 2.32. The summed E-state index contributed by atoms with van der Waals surface area (Å²) in [7, 11) is 0. The molecule has 0 saturated carbocycles. The summed E-state index contributed by atoms with van der Waals surface area (Å²) in [5.41, 5.74) is -1.31. The van der Waals surface area contributed by atoms with Crippen LogP contribution in [0.4, 0.5) is 0 Å². The second-order valence-corrected chi connectivity index (χ2v) is 3.96. The van der Waals surface area contributed by atoms with Gasteiger partial charge in [0.15, 0.2) is 11.4 Å². The molecule has 0 spiro atoms. The molecule has 0 saturated heterocycles. The van der Waals surface area contributed by atoms with Crippen molar-refractivity contribution in [2.75, 3.05) is 6.61 Å². The number of carbonyl (C=O) groups excluding carboxylic acids is 2. The van der Waals surface area contributed by atoms with Crippen molar-refractivity contribution in [1.29, 1.82) is 0 Å². The number of hydrogen-bond acceptors (Lipinski definition) is 4. The molecule has 1 atom stereocenters. The fourth-order valence-electron chi connectivity index (χ4n) is 1.40. The van der Waals surface area contributed by atoms with E-state index in [9.17, 15) is 14.7 Å². The Balaban J connectivity index is 2.71. The van der Waals surface area contributed by atoms with Gasteiger partial charge in [-0.25, -0.2) is 4.79 Å². The van der Waals surface area contributed by atoms with Crippen LogP contribution in [0.2, 0.25) is 0 Å². The fraction of sp³-hybridized carbons (Fsp3) is 0.385. The number of hydrogen-bond donors (Lipinski definition) is 1. The summed E-state index contributed by atoms with van der Waals surface area (Å²) < 4.78 is 4.70. The molecule has 92 valence electrons. The Hall–Kier alpha value is -1.68. The van der Waals surface area contributed by atoms with Gasteiger partial charge in [-0.05, 0) is 13.8 Å². The first kappa shape index (κ1) is 13.4. The van der Waals surface area contributed by atoms with Crippen LogP contribution in [0.15, 0.2) is 30.3 Å². The highest BCUT2D eigenvalue weighted by Crippen LogP contribution is 2.16. The van der Waals surface area contributed by atoms with E-state index in [0.717, 1.165) is 0 Å². The SMILES string of the molecule is CCOC(=O)[C@](C)(O)CC(=O)c1ccccc1. The minimum Gasteiger partial charge on any atom is -0.464 e. The topological polar surface area (TPSA) is 63.6 Å². The molecule has 0 aliphatic rings. The molecule has 1 aromatic rings. The maximum atomic E-state index is 11.8. The minimum atomic E-state index is -1.77. The van der Waals surface area contributed by atoms with E-state index in [1.807, 2.05) is 0 Å². The van der Waals surface area contributed by atoms with Gasteiger partial charge >= 0.3 is 5.97 Å². The molecule has 0 aliphatic heterocycles. The molecular formula is C13H16O4. The molecule has 17 heavy (non-hydrogen) atoms. The van der Waals surface area contributed by atoms with E-state index in [2.05, 4.69) is 0 Å². The summed E-state index contributed by atoms with van der Waals surface area (Å²) in [6.07, 6.45) is -0.282. The normalized spacial score (nSPS) is 13.8. The number of ether oxygens (including phenoxy) is 1. The number of benzene rings is 1. The number of rotatable bonds is 5. The van der Waals surface area contributed by atoms with Crippen LogP contribution in [-0.4, -0.2) is 29.1 Å². The number of carbonyl (C=O) groups is 2. The highest BCUT2D eigenvalue weighted by Gasteiger charge is 2.34. The van der Waals surface area contributed by atoms with Crippen LogP contribution in [0.3, 0.4) is 0 Å². The fourth-order valence-corrected chi connectivity index (χ4v) is 1.40. The smallest absolute Gasteiger partial charge is 0.338 e. The van der Waals surface area contributed by atoms with Gasteiger partial charge < -0.3 is 9.84 Å². The van der Waals surface area contributed by atoms with Crippen LogP contribution in [0, 0.1) is 0 Å². The predicted octanol–water partition coefficient (Wildman–Crippen LogP) is 1.57. The van der Waals surface area contributed by atoms with Gasteiger partial charge in [0, 0.05) is 5.56 Å². The minimum absolute atomic E-state index is 0.175. The van der Waals surface area contributed by atoms with Crippen LogP contribution < -0.4 is 0 Å². The molecular weight excluding hydrogens is 220 g/mol. The Kier molecular flexibility index (Phi) is 4.40. The standard InChI is InChI=1S/C13H16O4/c1-3-17-12(15)13(2,16)9-11(14)10-7-5-4-6-8-10/h4-8,16H,3,9H2,1-2H3/t13-/m1/s1. The molecule has 0 heterocycles. The van der Waals surface area contributed by atoms with Crippen molar-refractivity contribution in [3.63, 3.8) is 0 Å². The van der Waals surface area contributed by atoms with Gasteiger partial charge in [-0.15, -0.1) is 0 Å². The molecule has 0 bridgehead atoms. The first-order chi connectivity index (χ1) is 7.97. The van der Waals surface area contributed by atoms with Crippen LogP contribution >= 0.6 is 0 Å². The summed E-state index contributed by atoms with van der Waals surface area (Å²) in [6, 6.07) is 8.53. The van der Waals surface area contributed by atoms with Crippen LogP contribution in [-0.2, 0) is 9.53 Å². The monoisotopic (exact) mass is 236 g/mol. The lowest BCUT2D eigenvalue weighted by Crippen LogP contribution is -2.39. The number of Topliss-reactive ketones (excluding diaryl/α,β-unsaturated/α-hetero) is 1. The molecule has 0 radical (unpaired) electrons. The molecule has 4 nitrogen and oxygen atoms in total. The van der Waals surface area contributed by atoms with Crippen molar-refractivity contribution < 1.29 is 19.4 Å². The molecule has 0 aliphatic carbocycles. The van der Waals surface area contributed by atoms with Gasteiger partial charge in [-0.3, -0.25) is 4.79 Å². The molecule has 4 heteroatoms.